The molecule has 0 aliphatic carbocycles. The highest BCUT2D eigenvalue weighted by molar-refractivity contribution is 5.92. The summed E-state index contributed by atoms with van der Waals surface area (Å²) in [5.74, 6) is -0.593. The minimum atomic E-state index is -1.00. The quantitative estimate of drug-likeness (QED) is 0.803. The van der Waals surface area contributed by atoms with Gasteiger partial charge in [0.05, 0.1) is 0 Å². The SMILES string of the molecule is CN1CCCC(Nc2ncncc2C(=O)O)C1. The molecule has 0 bridgehead atoms. The van der Waals surface area contributed by atoms with Gasteiger partial charge < -0.3 is 15.3 Å². The van der Waals surface area contributed by atoms with Crippen molar-refractivity contribution in [2.75, 3.05) is 25.5 Å². The fourth-order valence-electron chi connectivity index (χ4n) is 2.08. The molecule has 92 valence electrons. The van der Waals surface area contributed by atoms with Crippen molar-refractivity contribution in [2.24, 2.45) is 0 Å². The molecule has 0 amide bonds. The van der Waals surface area contributed by atoms with Crippen LogP contribution in [0, 0.1) is 0 Å². The largest absolute Gasteiger partial charge is 0.477 e. The van der Waals surface area contributed by atoms with Crippen molar-refractivity contribution in [3.63, 3.8) is 0 Å². The zero-order valence-electron chi connectivity index (χ0n) is 9.76. The Balaban J connectivity index is 2.10. The lowest BCUT2D eigenvalue weighted by atomic mass is 10.1. The summed E-state index contributed by atoms with van der Waals surface area (Å²) in [6.07, 6.45) is 4.83. The number of anilines is 1. The Bertz CT molecular complexity index is 410. The highest BCUT2D eigenvalue weighted by atomic mass is 16.4. The Kier molecular flexibility index (Phi) is 3.53. The van der Waals surface area contributed by atoms with Crippen LogP contribution in [0.4, 0.5) is 5.82 Å². The van der Waals surface area contributed by atoms with E-state index in [0.717, 1.165) is 25.9 Å². The topological polar surface area (TPSA) is 78.3 Å². The van der Waals surface area contributed by atoms with Crippen molar-refractivity contribution in [3.05, 3.63) is 18.1 Å². The second-order valence-electron chi connectivity index (χ2n) is 4.34. The highest BCUT2D eigenvalue weighted by Crippen LogP contribution is 2.16. The molecule has 1 unspecified atom stereocenters. The number of nitrogens with zero attached hydrogens (tertiary/aromatic N) is 3. The molecule has 1 aromatic rings. The van der Waals surface area contributed by atoms with Crippen LogP contribution in [0.5, 0.6) is 0 Å². The fraction of sp³-hybridized carbons (Fsp3) is 0.545. The maximum absolute atomic E-state index is 11.0. The van der Waals surface area contributed by atoms with Gasteiger partial charge in [0, 0.05) is 18.8 Å². The number of carboxylic acid groups (broad SMARTS) is 1. The minimum Gasteiger partial charge on any atom is -0.477 e. The summed E-state index contributed by atoms with van der Waals surface area (Å²) < 4.78 is 0. The van der Waals surface area contributed by atoms with Gasteiger partial charge in [-0.3, -0.25) is 0 Å². The van der Waals surface area contributed by atoms with Crippen LogP contribution < -0.4 is 5.32 Å². The highest BCUT2D eigenvalue weighted by Gasteiger charge is 2.20. The molecule has 6 nitrogen and oxygen atoms in total. The molecular formula is C11H16N4O2. The molecule has 0 spiro atoms. The average molecular weight is 236 g/mol. The molecule has 1 aliphatic heterocycles. The van der Waals surface area contributed by atoms with E-state index in [1.54, 1.807) is 0 Å². The number of piperidine rings is 1. The predicted octanol–water partition coefficient (Wildman–Crippen LogP) is 0.681. The van der Waals surface area contributed by atoms with Crippen LogP contribution >= 0.6 is 0 Å². The molecular weight excluding hydrogens is 220 g/mol. The molecule has 1 fully saturated rings. The Morgan fingerprint density at radius 2 is 2.47 bits per heavy atom. The van der Waals surface area contributed by atoms with Gasteiger partial charge in [0.25, 0.3) is 0 Å². The second kappa shape index (κ2) is 5.09. The van der Waals surface area contributed by atoms with Gasteiger partial charge in [-0.15, -0.1) is 0 Å². The summed E-state index contributed by atoms with van der Waals surface area (Å²) >= 11 is 0. The summed E-state index contributed by atoms with van der Waals surface area (Å²) in [5, 5.41) is 12.2. The number of carboxylic acids is 1. The van der Waals surface area contributed by atoms with Crippen LogP contribution in [0.15, 0.2) is 12.5 Å². The molecule has 1 saturated heterocycles. The van der Waals surface area contributed by atoms with E-state index in [0.29, 0.717) is 5.82 Å². The number of hydrogen-bond acceptors (Lipinski definition) is 5. The number of aromatic carboxylic acids is 1. The molecule has 1 atom stereocenters. The molecule has 2 N–H and O–H groups in total. The molecule has 17 heavy (non-hydrogen) atoms. The van der Waals surface area contributed by atoms with Gasteiger partial charge in [0.2, 0.25) is 0 Å². The van der Waals surface area contributed by atoms with Crippen LogP contribution in [-0.4, -0.2) is 52.1 Å². The van der Waals surface area contributed by atoms with Gasteiger partial charge in [-0.1, -0.05) is 0 Å². The van der Waals surface area contributed by atoms with Crippen LogP contribution in [0.1, 0.15) is 23.2 Å². The van der Waals surface area contributed by atoms with Gasteiger partial charge in [0.1, 0.15) is 17.7 Å². The van der Waals surface area contributed by atoms with E-state index < -0.39 is 5.97 Å². The normalized spacial score (nSPS) is 21.1. The number of hydrogen-bond donors (Lipinski definition) is 2. The number of nitrogens with one attached hydrogen (secondary N) is 1. The number of likely N-dealkylation sites (tertiary alicyclic amines) is 1. The second-order valence-corrected chi connectivity index (χ2v) is 4.34. The van der Waals surface area contributed by atoms with Crippen molar-refractivity contribution in [2.45, 2.75) is 18.9 Å². The lowest BCUT2D eigenvalue weighted by Gasteiger charge is -2.30. The van der Waals surface area contributed by atoms with Crippen molar-refractivity contribution in [1.29, 1.82) is 0 Å². The van der Waals surface area contributed by atoms with E-state index in [1.807, 2.05) is 0 Å². The summed E-state index contributed by atoms with van der Waals surface area (Å²) in [4.78, 5) is 21.0. The van der Waals surface area contributed by atoms with Crippen LogP contribution in [0.2, 0.25) is 0 Å². The minimum absolute atomic E-state index is 0.126. The lowest BCUT2D eigenvalue weighted by molar-refractivity contribution is 0.0697. The number of aromatic nitrogens is 2. The summed E-state index contributed by atoms with van der Waals surface area (Å²) in [6, 6.07) is 0.252. The number of likely N-dealkylation sites (N-methyl/N-ethyl adjacent to an activating group) is 1. The van der Waals surface area contributed by atoms with E-state index in [4.69, 9.17) is 5.11 Å². The zero-order valence-corrected chi connectivity index (χ0v) is 9.76. The smallest absolute Gasteiger partial charge is 0.341 e. The molecule has 1 aliphatic rings. The van der Waals surface area contributed by atoms with Gasteiger partial charge in [-0.2, -0.15) is 0 Å². The Morgan fingerprint density at radius 1 is 1.65 bits per heavy atom. The van der Waals surface area contributed by atoms with E-state index in [2.05, 4.69) is 27.2 Å². The monoisotopic (exact) mass is 236 g/mol. The van der Waals surface area contributed by atoms with Gasteiger partial charge in [-0.25, -0.2) is 14.8 Å². The van der Waals surface area contributed by atoms with Gasteiger partial charge in [-0.05, 0) is 26.4 Å². The molecule has 2 heterocycles. The van der Waals surface area contributed by atoms with Crippen LogP contribution in [0.25, 0.3) is 0 Å². The first-order valence-corrected chi connectivity index (χ1v) is 5.65. The molecule has 6 heteroatoms. The Morgan fingerprint density at radius 3 is 3.18 bits per heavy atom. The zero-order chi connectivity index (χ0) is 12.3. The van der Waals surface area contributed by atoms with Crippen molar-refractivity contribution >= 4 is 11.8 Å². The summed E-state index contributed by atoms with van der Waals surface area (Å²) in [5.41, 5.74) is 0.126. The maximum atomic E-state index is 11.0. The van der Waals surface area contributed by atoms with Crippen molar-refractivity contribution < 1.29 is 9.90 Å². The molecule has 0 saturated carbocycles. The average Bonchev–Trinajstić information content (AvgIpc) is 2.29. The first-order chi connectivity index (χ1) is 8.16. The Hall–Kier alpha value is -1.69. The van der Waals surface area contributed by atoms with Crippen LogP contribution in [-0.2, 0) is 0 Å². The molecule has 2 rings (SSSR count). The third kappa shape index (κ3) is 2.91. The van der Waals surface area contributed by atoms with E-state index in [-0.39, 0.29) is 11.6 Å². The van der Waals surface area contributed by atoms with E-state index in [1.165, 1.54) is 12.5 Å². The van der Waals surface area contributed by atoms with E-state index in [9.17, 15) is 4.79 Å². The van der Waals surface area contributed by atoms with E-state index >= 15 is 0 Å². The first-order valence-electron chi connectivity index (χ1n) is 5.65. The van der Waals surface area contributed by atoms with Gasteiger partial charge >= 0.3 is 5.97 Å². The number of rotatable bonds is 3. The van der Waals surface area contributed by atoms with Crippen molar-refractivity contribution in [3.8, 4) is 0 Å². The standard InChI is InChI=1S/C11H16N4O2/c1-15-4-2-3-8(6-15)14-10-9(11(16)17)5-12-7-13-10/h5,7-8H,2-4,6H2,1H3,(H,16,17)(H,12,13,14). The first kappa shape index (κ1) is 11.8. The summed E-state index contributed by atoms with van der Waals surface area (Å²) in [6.45, 7) is 2.00. The maximum Gasteiger partial charge on any atom is 0.341 e. The Labute approximate surface area is 99.7 Å². The molecule has 0 aromatic carbocycles. The summed E-state index contributed by atoms with van der Waals surface area (Å²) in [7, 11) is 2.06. The third-order valence-corrected chi connectivity index (χ3v) is 2.91. The van der Waals surface area contributed by atoms with Gasteiger partial charge in [0.15, 0.2) is 0 Å². The lowest BCUT2D eigenvalue weighted by Crippen LogP contribution is -2.40. The van der Waals surface area contributed by atoms with Crippen LogP contribution in [0.3, 0.4) is 0 Å². The molecule has 0 radical (unpaired) electrons. The fourth-order valence-corrected chi connectivity index (χ4v) is 2.08. The predicted molar refractivity (Wildman–Crippen MR) is 63.1 cm³/mol. The molecule has 1 aromatic heterocycles. The van der Waals surface area contributed by atoms with Crippen molar-refractivity contribution in [1.82, 2.24) is 14.9 Å². The third-order valence-electron chi connectivity index (χ3n) is 2.91. The number of carbonyl (C=O) groups is 1.